The zero-order chi connectivity index (χ0) is 14.8. The molecule has 0 aromatic heterocycles. The number of ether oxygens (including phenoxy) is 2. The Hall–Kier alpha value is 0.0300. The number of hydrogen-bond donors (Lipinski definition) is 0. The fourth-order valence-corrected chi connectivity index (χ4v) is 4.17. The molecule has 0 atom stereocenters. The van der Waals surface area contributed by atoms with Crippen molar-refractivity contribution in [2.45, 2.75) is 18.3 Å². The van der Waals surface area contributed by atoms with Crippen LogP contribution in [0.2, 0.25) is 0 Å². The Labute approximate surface area is 137 Å². The second-order valence-corrected chi connectivity index (χ2v) is 5.88. The van der Waals surface area contributed by atoms with Gasteiger partial charge in [0.25, 0.3) is 0 Å². The molecule has 0 saturated carbocycles. The second-order valence-electron chi connectivity index (χ2n) is 4.76. The monoisotopic (exact) mass is 410 g/mol. The summed E-state index contributed by atoms with van der Waals surface area (Å²) < 4.78 is 23.5. The van der Waals surface area contributed by atoms with Gasteiger partial charge in [-0.3, -0.25) is 0 Å². The Morgan fingerprint density at radius 3 is 2.25 bits per heavy atom. The van der Waals surface area contributed by atoms with Crippen LogP contribution in [0.15, 0.2) is 24.3 Å². The average Bonchev–Trinajstić information content (AvgIpc) is 2.48. The largest absolute Gasteiger partial charge is 0.382 e. The first kappa shape index (κ1) is 18.1. The van der Waals surface area contributed by atoms with Crippen LogP contribution in [0, 0.1) is 5.82 Å². The molecule has 114 valence electrons. The van der Waals surface area contributed by atoms with E-state index < -0.39 is 0 Å². The van der Waals surface area contributed by atoms with Gasteiger partial charge < -0.3 is 9.47 Å². The molecule has 0 aliphatic carbocycles. The van der Waals surface area contributed by atoms with Crippen LogP contribution in [0.25, 0.3) is 0 Å². The Bertz CT molecular complexity index is 367. The van der Waals surface area contributed by atoms with E-state index in [0.29, 0.717) is 19.8 Å². The van der Waals surface area contributed by atoms with Crippen LogP contribution in [0.4, 0.5) is 4.39 Å². The standard InChI is InChI=1S/C15H21Br2FO2/c1-19-9-10-20-8-2-7-15(11-16,12-17)13-3-5-14(18)6-4-13/h3-6H,2,7-12H2,1H3. The minimum atomic E-state index is -0.199. The van der Waals surface area contributed by atoms with Crippen molar-refractivity contribution in [3.63, 3.8) is 0 Å². The van der Waals surface area contributed by atoms with Crippen LogP contribution >= 0.6 is 31.9 Å². The van der Waals surface area contributed by atoms with Crippen molar-refractivity contribution in [2.24, 2.45) is 0 Å². The molecule has 0 saturated heterocycles. The van der Waals surface area contributed by atoms with E-state index >= 15 is 0 Å². The molecule has 0 fully saturated rings. The van der Waals surface area contributed by atoms with Gasteiger partial charge in [-0.05, 0) is 30.5 Å². The third-order valence-electron chi connectivity index (χ3n) is 3.34. The van der Waals surface area contributed by atoms with Crippen LogP contribution in [0.1, 0.15) is 18.4 Å². The minimum Gasteiger partial charge on any atom is -0.382 e. The van der Waals surface area contributed by atoms with Crippen LogP contribution in [0.3, 0.4) is 0 Å². The quantitative estimate of drug-likeness (QED) is 0.422. The summed E-state index contributed by atoms with van der Waals surface area (Å²) in [6, 6.07) is 6.77. The summed E-state index contributed by atoms with van der Waals surface area (Å²) in [4.78, 5) is 0. The number of alkyl halides is 2. The molecule has 0 aliphatic rings. The maximum absolute atomic E-state index is 13.1. The number of hydrogen-bond acceptors (Lipinski definition) is 2. The fourth-order valence-electron chi connectivity index (χ4n) is 2.03. The van der Waals surface area contributed by atoms with Crippen LogP contribution in [0.5, 0.6) is 0 Å². The predicted molar refractivity (Wildman–Crippen MR) is 87.6 cm³/mol. The zero-order valence-corrected chi connectivity index (χ0v) is 14.9. The van der Waals surface area contributed by atoms with E-state index in [9.17, 15) is 4.39 Å². The molecule has 1 rings (SSSR count). The molecule has 20 heavy (non-hydrogen) atoms. The third-order valence-corrected chi connectivity index (χ3v) is 5.49. The summed E-state index contributed by atoms with van der Waals surface area (Å²) in [6.45, 7) is 1.97. The highest BCUT2D eigenvalue weighted by molar-refractivity contribution is 9.09. The second kappa shape index (κ2) is 9.87. The molecule has 2 nitrogen and oxygen atoms in total. The zero-order valence-electron chi connectivity index (χ0n) is 11.7. The normalized spacial score (nSPS) is 11.8. The SMILES string of the molecule is COCCOCCCC(CBr)(CBr)c1ccc(F)cc1. The molecule has 0 unspecified atom stereocenters. The van der Waals surface area contributed by atoms with Gasteiger partial charge in [-0.15, -0.1) is 0 Å². The molecular weight excluding hydrogens is 391 g/mol. The van der Waals surface area contributed by atoms with E-state index in [1.165, 1.54) is 12.1 Å². The van der Waals surface area contributed by atoms with E-state index in [1.807, 2.05) is 12.1 Å². The first-order valence-corrected chi connectivity index (χ1v) is 8.87. The highest BCUT2D eigenvalue weighted by Crippen LogP contribution is 2.33. The average molecular weight is 412 g/mol. The summed E-state index contributed by atoms with van der Waals surface area (Å²) in [5.41, 5.74) is 1.11. The van der Waals surface area contributed by atoms with Crippen LogP contribution in [-0.2, 0) is 14.9 Å². The molecule has 0 aliphatic heterocycles. The van der Waals surface area contributed by atoms with Crippen molar-refractivity contribution in [3.05, 3.63) is 35.6 Å². The minimum absolute atomic E-state index is 0.0294. The lowest BCUT2D eigenvalue weighted by molar-refractivity contribution is 0.0671. The number of rotatable bonds is 10. The van der Waals surface area contributed by atoms with Gasteiger partial charge in [0, 0.05) is 29.8 Å². The molecule has 1 aromatic rings. The summed E-state index contributed by atoms with van der Waals surface area (Å²) in [5.74, 6) is -0.199. The molecule has 5 heteroatoms. The highest BCUT2D eigenvalue weighted by Gasteiger charge is 2.29. The van der Waals surface area contributed by atoms with Crippen molar-refractivity contribution in [1.29, 1.82) is 0 Å². The predicted octanol–water partition coefficient (Wildman–Crippen LogP) is 4.30. The Morgan fingerprint density at radius 1 is 1.05 bits per heavy atom. The maximum Gasteiger partial charge on any atom is 0.123 e. The molecule has 0 N–H and O–H groups in total. The van der Waals surface area contributed by atoms with E-state index in [0.717, 1.165) is 29.1 Å². The van der Waals surface area contributed by atoms with Crippen molar-refractivity contribution >= 4 is 31.9 Å². The van der Waals surface area contributed by atoms with Gasteiger partial charge in [-0.1, -0.05) is 44.0 Å². The molecule has 1 aromatic carbocycles. The van der Waals surface area contributed by atoms with E-state index in [1.54, 1.807) is 7.11 Å². The molecule has 0 bridgehead atoms. The smallest absolute Gasteiger partial charge is 0.123 e. The lowest BCUT2D eigenvalue weighted by Crippen LogP contribution is -2.30. The van der Waals surface area contributed by atoms with Crippen LogP contribution in [-0.4, -0.2) is 37.6 Å². The first-order chi connectivity index (χ1) is 9.68. The van der Waals surface area contributed by atoms with Gasteiger partial charge in [0.2, 0.25) is 0 Å². The number of halogens is 3. The topological polar surface area (TPSA) is 18.5 Å². The molecule has 0 amide bonds. The lowest BCUT2D eigenvalue weighted by Gasteiger charge is -2.30. The molecule has 0 spiro atoms. The van der Waals surface area contributed by atoms with Gasteiger partial charge in [0.05, 0.1) is 13.2 Å². The van der Waals surface area contributed by atoms with E-state index in [-0.39, 0.29) is 11.2 Å². The third kappa shape index (κ3) is 5.43. The summed E-state index contributed by atoms with van der Waals surface area (Å²) in [5, 5.41) is 1.66. The van der Waals surface area contributed by atoms with Gasteiger partial charge in [0.15, 0.2) is 0 Å². The van der Waals surface area contributed by atoms with Gasteiger partial charge in [0.1, 0.15) is 5.82 Å². The lowest BCUT2D eigenvalue weighted by atomic mass is 9.80. The van der Waals surface area contributed by atoms with Crippen molar-refractivity contribution < 1.29 is 13.9 Å². The van der Waals surface area contributed by atoms with Crippen molar-refractivity contribution in [3.8, 4) is 0 Å². The van der Waals surface area contributed by atoms with Gasteiger partial charge in [-0.25, -0.2) is 4.39 Å². The number of methoxy groups -OCH3 is 1. The van der Waals surface area contributed by atoms with Crippen LogP contribution < -0.4 is 0 Å². The Morgan fingerprint density at radius 2 is 1.70 bits per heavy atom. The van der Waals surface area contributed by atoms with Gasteiger partial charge >= 0.3 is 0 Å². The molecule has 0 radical (unpaired) electrons. The maximum atomic E-state index is 13.1. The van der Waals surface area contributed by atoms with Gasteiger partial charge in [-0.2, -0.15) is 0 Å². The summed E-state index contributed by atoms with van der Waals surface area (Å²) in [6.07, 6.45) is 1.93. The molecule has 0 heterocycles. The summed E-state index contributed by atoms with van der Waals surface area (Å²) >= 11 is 7.20. The Kier molecular flexibility index (Phi) is 8.93. The van der Waals surface area contributed by atoms with Crippen molar-refractivity contribution in [1.82, 2.24) is 0 Å². The number of benzene rings is 1. The fraction of sp³-hybridized carbons (Fsp3) is 0.600. The van der Waals surface area contributed by atoms with E-state index in [2.05, 4.69) is 31.9 Å². The van der Waals surface area contributed by atoms with Crippen molar-refractivity contribution in [2.75, 3.05) is 37.6 Å². The highest BCUT2D eigenvalue weighted by atomic mass is 79.9. The summed E-state index contributed by atoms with van der Waals surface area (Å²) in [7, 11) is 1.67. The molecular formula is C15H21Br2FO2. The Balaban J connectivity index is 2.56. The first-order valence-electron chi connectivity index (χ1n) is 6.63. The van der Waals surface area contributed by atoms with E-state index in [4.69, 9.17) is 9.47 Å².